The molecule has 1 heterocycles. The molecule has 1 aliphatic rings. The highest BCUT2D eigenvalue weighted by Crippen LogP contribution is 2.53. The maximum Gasteiger partial charge on any atom is 0.247 e. The Morgan fingerprint density at radius 1 is 1.50 bits per heavy atom. The van der Waals surface area contributed by atoms with Gasteiger partial charge in [-0.3, -0.25) is 4.57 Å². The molecule has 0 saturated carbocycles. The molecule has 1 aliphatic heterocycles. The zero-order chi connectivity index (χ0) is 10.8. The van der Waals surface area contributed by atoms with E-state index in [-0.39, 0.29) is 0 Å². The number of rotatable bonds is 2. The highest BCUT2D eigenvalue weighted by Gasteiger charge is 2.20. The van der Waals surface area contributed by atoms with Gasteiger partial charge < -0.3 is 4.52 Å². The second-order valence-corrected chi connectivity index (χ2v) is 5.74. The van der Waals surface area contributed by atoms with Crippen LogP contribution in [0, 0.1) is 0 Å². The molecule has 1 rings (SSSR count). The van der Waals surface area contributed by atoms with Gasteiger partial charge in [-0.2, -0.15) is 0 Å². The summed E-state index contributed by atoms with van der Waals surface area (Å²) in [5, 5.41) is 0.804. The molecular formula is C9H11Cl2O2P. The molecule has 1 unspecified atom stereocenters. The Morgan fingerprint density at radius 3 is 2.71 bits per heavy atom. The van der Waals surface area contributed by atoms with Crippen LogP contribution >= 0.6 is 30.6 Å². The van der Waals surface area contributed by atoms with Crippen LogP contribution in [-0.2, 0) is 9.09 Å². The fourth-order valence-electron chi connectivity index (χ4n) is 1.08. The minimum Gasteiger partial charge on any atom is -0.323 e. The predicted molar refractivity (Wildman–Crippen MR) is 60.9 cm³/mol. The van der Waals surface area contributed by atoms with Crippen molar-refractivity contribution in [2.75, 3.05) is 6.61 Å². The van der Waals surface area contributed by atoms with E-state index < -0.39 is 7.37 Å². The van der Waals surface area contributed by atoms with Gasteiger partial charge in [0.25, 0.3) is 0 Å². The van der Waals surface area contributed by atoms with E-state index in [1.54, 1.807) is 13.8 Å². The first-order valence-corrected chi connectivity index (χ1v) is 6.68. The molecule has 78 valence electrons. The Morgan fingerprint density at radius 2 is 2.14 bits per heavy atom. The summed E-state index contributed by atoms with van der Waals surface area (Å²) in [6.45, 7) is 3.93. The van der Waals surface area contributed by atoms with E-state index in [1.165, 1.54) is 17.7 Å². The lowest BCUT2D eigenvalue weighted by atomic mass is 10.3. The third kappa shape index (κ3) is 2.74. The van der Waals surface area contributed by atoms with Gasteiger partial charge in [0.1, 0.15) is 0 Å². The third-order valence-corrected chi connectivity index (χ3v) is 4.58. The average molecular weight is 253 g/mol. The van der Waals surface area contributed by atoms with Crippen molar-refractivity contribution >= 4 is 30.6 Å². The lowest BCUT2D eigenvalue weighted by molar-refractivity contribution is 0.346. The normalized spacial score (nSPS) is 27.6. The Bertz CT molecular complexity index is 369. The summed E-state index contributed by atoms with van der Waals surface area (Å²) in [6.07, 6.45) is 1.52. The molecule has 0 aliphatic carbocycles. The lowest BCUT2D eigenvalue weighted by Crippen LogP contribution is -1.84. The van der Waals surface area contributed by atoms with Crippen LogP contribution < -0.4 is 0 Å². The SMILES string of the molecule is CCOP1(=O)C=CC(Cl)=C(Cl)C(C)=C1. The van der Waals surface area contributed by atoms with Gasteiger partial charge in [0.05, 0.1) is 16.7 Å². The van der Waals surface area contributed by atoms with Gasteiger partial charge in [-0.05, 0) is 25.5 Å². The van der Waals surface area contributed by atoms with E-state index in [2.05, 4.69) is 0 Å². The molecule has 5 heteroatoms. The molecule has 14 heavy (non-hydrogen) atoms. The molecular weight excluding hydrogens is 242 g/mol. The Kier molecular flexibility index (Phi) is 4.03. The van der Waals surface area contributed by atoms with Gasteiger partial charge in [0.15, 0.2) is 0 Å². The van der Waals surface area contributed by atoms with Crippen molar-refractivity contribution in [3.05, 3.63) is 33.3 Å². The summed E-state index contributed by atoms with van der Waals surface area (Å²) in [6, 6.07) is 0. The first-order valence-electron chi connectivity index (χ1n) is 4.17. The zero-order valence-electron chi connectivity index (χ0n) is 7.96. The van der Waals surface area contributed by atoms with Crippen molar-refractivity contribution in [1.29, 1.82) is 0 Å². The quantitative estimate of drug-likeness (QED) is 0.681. The van der Waals surface area contributed by atoms with Crippen molar-refractivity contribution in [3.63, 3.8) is 0 Å². The van der Waals surface area contributed by atoms with E-state index in [1.807, 2.05) is 0 Å². The third-order valence-electron chi connectivity index (χ3n) is 1.69. The van der Waals surface area contributed by atoms with E-state index >= 15 is 0 Å². The maximum atomic E-state index is 12.0. The Hall–Kier alpha value is -0.0100. The van der Waals surface area contributed by atoms with Crippen LogP contribution in [0.15, 0.2) is 33.3 Å². The maximum absolute atomic E-state index is 12.0. The summed E-state index contributed by atoms with van der Waals surface area (Å²) in [4.78, 5) is 0. The molecule has 0 saturated heterocycles. The molecule has 0 aromatic carbocycles. The summed E-state index contributed by atoms with van der Waals surface area (Å²) in [7, 11) is -2.84. The van der Waals surface area contributed by atoms with E-state index in [9.17, 15) is 4.57 Å². The summed E-state index contributed by atoms with van der Waals surface area (Å²) in [5.41, 5.74) is 0.679. The second-order valence-electron chi connectivity index (χ2n) is 2.85. The standard InChI is InChI=1S/C9H11Cl2O2P/c1-3-13-14(12)5-4-8(10)9(11)7(2)6-14/h4-6H,3H2,1-2H3. The molecule has 0 aromatic heterocycles. The fraction of sp³-hybridized carbons (Fsp3) is 0.333. The minimum atomic E-state index is -2.84. The largest absolute Gasteiger partial charge is 0.323 e. The highest BCUT2D eigenvalue weighted by molar-refractivity contribution is 7.65. The smallest absolute Gasteiger partial charge is 0.247 e. The number of hydrogen-bond donors (Lipinski definition) is 0. The topological polar surface area (TPSA) is 26.3 Å². The van der Waals surface area contributed by atoms with E-state index in [0.29, 0.717) is 22.2 Å². The molecule has 0 radical (unpaired) electrons. The first kappa shape index (κ1) is 12.1. The summed E-state index contributed by atoms with van der Waals surface area (Å²) < 4.78 is 17.2. The molecule has 1 atom stereocenters. The second kappa shape index (κ2) is 4.67. The van der Waals surface area contributed by atoms with Crippen LogP contribution in [0.25, 0.3) is 0 Å². The molecule has 0 aromatic rings. The molecule has 0 amide bonds. The summed E-state index contributed by atoms with van der Waals surface area (Å²) >= 11 is 11.7. The van der Waals surface area contributed by atoms with Crippen LogP contribution in [0.5, 0.6) is 0 Å². The van der Waals surface area contributed by atoms with Crippen LogP contribution in [0.2, 0.25) is 0 Å². The van der Waals surface area contributed by atoms with Crippen molar-refractivity contribution in [3.8, 4) is 0 Å². The molecule has 0 spiro atoms. The Labute approximate surface area is 93.7 Å². The summed E-state index contributed by atoms with van der Waals surface area (Å²) in [5.74, 6) is 3.00. The van der Waals surface area contributed by atoms with Gasteiger partial charge in [0, 0.05) is 11.6 Å². The zero-order valence-corrected chi connectivity index (χ0v) is 10.4. The monoisotopic (exact) mass is 252 g/mol. The van der Waals surface area contributed by atoms with Crippen molar-refractivity contribution in [2.24, 2.45) is 0 Å². The molecule has 0 bridgehead atoms. The van der Waals surface area contributed by atoms with Gasteiger partial charge in [-0.25, -0.2) is 0 Å². The number of halogens is 2. The van der Waals surface area contributed by atoms with E-state index in [4.69, 9.17) is 27.7 Å². The average Bonchev–Trinajstić information content (AvgIpc) is 2.20. The van der Waals surface area contributed by atoms with Crippen molar-refractivity contribution in [2.45, 2.75) is 13.8 Å². The lowest BCUT2D eigenvalue weighted by Gasteiger charge is -2.08. The number of allylic oxidation sites excluding steroid dienone is 4. The van der Waals surface area contributed by atoms with Gasteiger partial charge in [-0.15, -0.1) is 0 Å². The van der Waals surface area contributed by atoms with Crippen LogP contribution in [0.3, 0.4) is 0 Å². The van der Waals surface area contributed by atoms with Crippen LogP contribution in [0.1, 0.15) is 13.8 Å². The van der Waals surface area contributed by atoms with Gasteiger partial charge in [-0.1, -0.05) is 23.2 Å². The minimum absolute atomic E-state index is 0.387. The predicted octanol–water partition coefficient (Wildman–Crippen LogP) is 4.42. The van der Waals surface area contributed by atoms with Gasteiger partial charge >= 0.3 is 0 Å². The fourth-order valence-corrected chi connectivity index (χ4v) is 3.25. The molecule has 2 nitrogen and oxygen atoms in total. The number of hydrogen-bond acceptors (Lipinski definition) is 2. The Balaban J connectivity index is 3.12. The van der Waals surface area contributed by atoms with Crippen LogP contribution in [0.4, 0.5) is 0 Å². The van der Waals surface area contributed by atoms with Crippen molar-refractivity contribution in [1.82, 2.24) is 0 Å². The van der Waals surface area contributed by atoms with Gasteiger partial charge in [0.2, 0.25) is 7.37 Å². The van der Waals surface area contributed by atoms with E-state index in [0.717, 1.165) is 0 Å². The molecule has 0 fully saturated rings. The highest BCUT2D eigenvalue weighted by atomic mass is 35.5. The molecule has 0 N–H and O–H groups in total. The van der Waals surface area contributed by atoms with Crippen molar-refractivity contribution < 1.29 is 9.09 Å². The first-order chi connectivity index (χ1) is 6.48. The van der Waals surface area contributed by atoms with Crippen LogP contribution in [-0.4, -0.2) is 6.61 Å².